The Morgan fingerprint density at radius 3 is 1.31 bits per heavy atom. The summed E-state index contributed by atoms with van der Waals surface area (Å²) in [5.41, 5.74) is 7.87. The van der Waals surface area contributed by atoms with Crippen LogP contribution in [0.15, 0.2) is 133 Å². The summed E-state index contributed by atoms with van der Waals surface area (Å²) >= 11 is 0. The first kappa shape index (κ1) is 77.0. The van der Waals surface area contributed by atoms with E-state index in [0.717, 1.165) is 91.5 Å². The third-order valence-corrected chi connectivity index (χ3v) is 25.7. The molecule has 18 rings (SSSR count). The number of alkyl halides is 3. The van der Waals surface area contributed by atoms with Crippen molar-refractivity contribution >= 4 is 15.6 Å². The van der Waals surface area contributed by atoms with Gasteiger partial charge in [0.05, 0.1) is 134 Å². The Bertz CT molecular complexity index is 5870. The molecular formula is C83H80F9N19O2S. The number of halogens is 9. The molecule has 3 saturated carbocycles. The molecule has 1 N–H and O–H groups in total. The Morgan fingerprint density at radius 1 is 0.518 bits per heavy atom. The van der Waals surface area contributed by atoms with Crippen LogP contribution >= 0.6 is 0 Å². The van der Waals surface area contributed by atoms with Crippen LogP contribution in [0.3, 0.4) is 0 Å². The monoisotopic (exact) mass is 1580 g/mol. The number of rotatable bonds is 16. The van der Waals surface area contributed by atoms with Crippen molar-refractivity contribution in [1.82, 2.24) is 95.0 Å². The van der Waals surface area contributed by atoms with Gasteiger partial charge in [-0.15, -0.1) is 20.4 Å². The Morgan fingerprint density at radius 2 is 0.912 bits per heavy atom. The van der Waals surface area contributed by atoms with Crippen LogP contribution < -0.4 is 4.72 Å². The first-order chi connectivity index (χ1) is 54.1. The van der Waals surface area contributed by atoms with Gasteiger partial charge >= 0.3 is 6.18 Å². The number of hydrogen-bond acceptors (Lipinski definition) is 18. The molecule has 6 aliphatic rings. The highest BCUT2D eigenvalue weighted by Crippen LogP contribution is 2.72. The lowest BCUT2D eigenvalue weighted by Gasteiger charge is -2.37. The quantitative estimate of drug-likeness (QED) is 0.0696. The molecule has 31 heteroatoms. The van der Waals surface area contributed by atoms with Gasteiger partial charge in [-0.05, 0) is 169 Å². The van der Waals surface area contributed by atoms with Crippen molar-refractivity contribution in [1.29, 1.82) is 0 Å². The van der Waals surface area contributed by atoms with Crippen molar-refractivity contribution in [3.05, 3.63) is 226 Å². The zero-order chi connectivity index (χ0) is 80.7. The van der Waals surface area contributed by atoms with Crippen LogP contribution in [0.1, 0.15) is 181 Å². The second-order valence-electron chi connectivity index (χ2n) is 32.8. The Hall–Kier alpha value is -11.0. The molecule has 6 aliphatic carbocycles. The van der Waals surface area contributed by atoms with Gasteiger partial charge in [-0.3, -0.25) is 28.5 Å². The van der Waals surface area contributed by atoms with Crippen molar-refractivity contribution in [2.75, 3.05) is 6.26 Å². The van der Waals surface area contributed by atoms with Gasteiger partial charge in [-0.2, -0.15) is 33.6 Å². The van der Waals surface area contributed by atoms with E-state index in [2.05, 4.69) is 132 Å². The molecule has 0 amide bonds. The minimum atomic E-state index is -4.32. The van der Waals surface area contributed by atoms with Crippen molar-refractivity contribution in [3.63, 3.8) is 0 Å². The maximum Gasteiger partial charge on any atom is 0.393 e. The lowest BCUT2D eigenvalue weighted by atomic mass is 9.66. The molecule has 21 nitrogen and oxygen atoms in total. The molecule has 0 spiro atoms. The van der Waals surface area contributed by atoms with E-state index >= 15 is 0 Å². The minimum absolute atomic E-state index is 0.0603. The topological polar surface area (TPSA) is 258 Å². The lowest BCUT2D eigenvalue weighted by Crippen LogP contribution is -2.38. The van der Waals surface area contributed by atoms with E-state index in [9.17, 15) is 43.7 Å². The third-order valence-electron chi connectivity index (χ3n) is 25.0. The predicted molar refractivity (Wildman–Crippen MR) is 406 cm³/mol. The zero-order valence-corrected chi connectivity index (χ0v) is 65.1. The average molecular weight is 1580 g/mol. The normalized spacial score (nSPS) is 22.2. The van der Waals surface area contributed by atoms with E-state index in [-0.39, 0.29) is 80.9 Å². The number of aryl methyl sites for hydroxylation is 1. The smallest absolute Gasteiger partial charge is 0.393 e. The van der Waals surface area contributed by atoms with Gasteiger partial charge in [0.15, 0.2) is 0 Å². The lowest BCUT2D eigenvalue weighted by molar-refractivity contribution is -0.173. The van der Waals surface area contributed by atoms with Crippen molar-refractivity contribution in [2.24, 2.45) is 28.1 Å². The molecule has 3 aromatic carbocycles. The summed E-state index contributed by atoms with van der Waals surface area (Å²) in [5, 5.41) is 39.4. The SMILES string of the molecule is C=S(C)(=O)NCc1nc(-c2cncc([C@@]34CC[C@@H](c5cc(-c6c(F)cccc6F)nnc53)C4(C)C)n2)oc1C.CC(C)Cn1cc(-c2cncc([C@@]34CC[C@@H](c5cc(-c6c(F)cccc6F)nnc53)C4(C)C)n2)nn1.C[C@@H](Cn1ccc(-c2cncc([C@@]34CC[C@@H](c5cc(-c6c(F)cccc6F)nnc53)C4(C)C)n2)n1)C(F)(F)F. The average Bonchev–Trinajstić information content (AvgIpc) is 1.52. The van der Waals surface area contributed by atoms with Gasteiger partial charge in [0.2, 0.25) is 5.89 Å². The van der Waals surface area contributed by atoms with Gasteiger partial charge < -0.3 is 4.42 Å². The summed E-state index contributed by atoms with van der Waals surface area (Å²) in [5.74, 6) is -0.326. The minimum Gasteiger partial charge on any atom is -0.440 e. The zero-order valence-electron chi connectivity index (χ0n) is 64.3. The molecule has 0 saturated heterocycles. The largest absolute Gasteiger partial charge is 0.440 e. The fourth-order valence-electron chi connectivity index (χ4n) is 19.1. The van der Waals surface area contributed by atoms with Crippen LogP contribution in [0, 0.1) is 69.9 Å². The number of oxazole rings is 1. The summed E-state index contributed by atoms with van der Waals surface area (Å²) in [6, 6.07) is 18.2. The van der Waals surface area contributed by atoms with Crippen LogP contribution in [-0.2, 0) is 45.6 Å². The predicted octanol–water partition coefficient (Wildman–Crippen LogP) is 16.5. The molecular weight excluding hydrogens is 1500 g/mol. The maximum absolute atomic E-state index is 14.5. The molecule has 114 heavy (non-hydrogen) atoms. The molecule has 0 aliphatic heterocycles. The first-order valence-corrected chi connectivity index (χ1v) is 39.7. The number of nitrogens with one attached hydrogen (secondary N) is 1. The van der Waals surface area contributed by atoms with Crippen LogP contribution in [0.2, 0.25) is 0 Å². The molecule has 588 valence electrons. The molecule has 9 aromatic heterocycles. The van der Waals surface area contributed by atoms with E-state index in [1.807, 2.05) is 16.9 Å². The fraction of sp³-hybridized carbons (Fsp3) is 0.386. The van der Waals surface area contributed by atoms with Crippen molar-refractivity contribution in [2.45, 2.75) is 168 Å². The van der Waals surface area contributed by atoms with E-state index < -0.39 is 73.0 Å². The second-order valence-corrected chi connectivity index (χ2v) is 35.1. The van der Waals surface area contributed by atoms with Crippen LogP contribution in [0.4, 0.5) is 39.5 Å². The highest BCUT2D eigenvalue weighted by atomic mass is 32.2. The van der Waals surface area contributed by atoms with Gasteiger partial charge in [-0.25, -0.2) is 51.0 Å². The van der Waals surface area contributed by atoms with Gasteiger partial charge in [0.1, 0.15) is 69.1 Å². The summed E-state index contributed by atoms with van der Waals surface area (Å²) in [6.45, 7) is 20.9. The van der Waals surface area contributed by atoms with Crippen molar-refractivity contribution in [3.8, 4) is 68.1 Å². The highest BCUT2D eigenvalue weighted by molar-refractivity contribution is 7.97. The molecule has 0 radical (unpaired) electrons. The van der Waals surface area contributed by atoms with E-state index in [1.54, 1.807) is 56.1 Å². The summed E-state index contributed by atoms with van der Waals surface area (Å²) in [7, 11) is -2.40. The third kappa shape index (κ3) is 12.4. The summed E-state index contributed by atoms with van der Waals surface area (Å²) in [4.78, 5) is 32.9. The Kier molecular flexibility index (Phi) is 18.9. The maximum atomic E-state index is 14.5. The van der Waals surface area contributed by atoms with Crippen molar-refractivity contribution < 1.29 is 48.1 Å². The molecule has 12 aromatic rings. The van der Waals surface area contributed by atoms with Gasteiger partial charge in [0.25, 0.3) is 0 Å². The van der Waals surface area contributed by atoms with E-state index in [1.165, 1.54) is 77.9 Å². The molecule has 3 fully saturated rings. The van der Waals surface area contributed by atoms with Gasteiger partial charge in [0, 0.05) is 47.3 Å². The van der Waals surface area contributed by atoms with Crippen LogP contribution in [0.25, 0.3) is 68.1 Å². The Labute approximate surface area is 651 Å². The highest BCUT2D eigenvalue weighted by Gasteiger charge is 2.68. The number of benzene rings is 3. The first-order valence-electron chi connectivity index (χ1n) is 37.6. The van der Waals surface area contributed by atoms with E-state index in [0.29, 0.717) is 63.1 Å². The number of aromatic nitrogens is 18. The number of nitrogens with zero attached hydrogens (tertiary/aromatic N) is 18. The Balaban J connectivity index is 0.000000129. The fourth-order valence-corrected chi connectivity index (χ4v) is 19.6. The molecule has 9 heterocycles. The summed E-state index contributed by atoms with van der Waals surface area (Å²) < 4.78 is 150. The molecule has 8 atom stereocenters. The number of fused-ring (bicyclic) bond motifs is 15. The second kappa shape index (κ2) is 28.0. The number of hydrogen-bond donors (Lipinski definition) is 1. The molecule has 6 bridgehead atoms. The summed E-state index contributed by atoms with van der Waals surface area (Å²) in [6.07, 6.45) is 15.6. The van der Waals surface area contributed by atoms with E-state index in [4.69, 9.17) is 19.4 Å². The van der Waals surface area contributed by atoms with Crippen LogP contribution in [0.5, 0.6) is 0 Å². The standard InChI is InChI=1S/C28H25F5N6.C28H28F2N6O2S.C27H27F2N7/c1-15(28(31,32)33)14-39-10-8-20(38-39)22-12-34-13-23(35-22)27-9-7-17(26(27,2)3)16-11-21(36-37-25(16)27)24-18(29)5-4-6-19(24)30;1-15-21(13-32-39(4,5)37)34-26(38-15)22-12-31-14-23(33-22)28-10-9-17(27(28,2)3)16-11-20(35-36-25(16)28)24-18(29)7-6-8-19(24)30;1-15(2)13-36-14-22(33-35-36)21-11-30-12-23(31-21)27-9-8-17(26(27,3)4)16-10-20(32-34-25(16)27)24-18(28)6-5-7-19(24)29/h4-6,8,10-13,15,17H,7,9,14H2,1-3H3;6-8,11-12,14,17H,4,9-10,13H2,1-3,5H3,(H,32,37);5-7,10-12,14-15,17H,8-9,13H2,1-4H3/t15-,17-,27-;17-,28-,39?;17-,27-/m000/s1. The molecule has 1 unspecified atom stereocenters. The van der Waals surface area contributed by atoms with Gasteiger partial charge in [-0.1, -0.05) is 85.7 Å². The van der Waals surface area contributed by atoms with Crippen LogP contribution in [-0.4, -0.2) is 113 Å².